The van der Waals surface area contributed by atoms with Crippen molar-refractivity contribution in [1.82, 2.24) is 15.0 Å². The molecule has 0 unspecified atom stereocenters. The summed E-state index contributed by atoms with van der Waals surface area (Å²) in [5, 5.41) is 0. The molecule has 0 atom stereocenters. The molecule has 1 saturated carbocycles. The zero-order valence-electron chi connectivity index (χ0n) is 17.5. The van der Waals surface area contributed by atoms with E-state index in [-0.39, 0.29) is 11.5 Å². The van der Waals surface area contributed by atoms with Crippen LogP contribution in [-0.2, 0) is 6.42 Å². The maximum absolute atomic E-state index is 12.7. The zero-order valence-corrected chi connectivity index (χ0v) is 17.5. The molecule has 0 radical (unpaired) electrons. The third kappa shape index (κ3) is 4.37. The maximum Gasteiger partial charge on any atom is 0.325 e. The zero-order chi connectivity index (χ0) is 21.1. The van der Waals surface area contributed by atoms with Gasteiger partial charge in [-0.2, -0.15) is 0 Å². The number of aromatic amines is 2. The van der Waals surface area contributed by atoms with Gasteiger partial charge in [0.2, 0.25) is 0 Å². The molecule has 0 spiro atoms. The number of nitrogens with zero attached hydrogens (tertiary/aromatic N) is 2. The fraction of sp³-hybridized carbons (Fsp3) is 0.375. The third-order valence-electron chi connectivity index (χ3n) is 6.09. The maximum atomic E-state index is 12.7. The van der Waals surface area contributed by atoms with Gasteiger partial charge in [0.15, 0.2) is 0 Å². The standard InChI is InChI=1S/C24H28N4O2/c1-28(2)21-10-6-9-19(25-21)15-20-22(26-24(30)27-23(20)29)18-13-11-17(12-14-18)16-7-4-3-5-8-16/h3-10,17-18H,11-15H2,1-2H3,(H2,26,27,29,30)/t17-,18-. The quantitative estimate of drug-likeness (QED) is 0.681. The van der Waals surface area contributed by atoms with E-state index in [0.717, 1.165) is 42.9 Å². The number of pyridine rings is 1. The molecular formula is C24H28N4O2. The van der Waals surface area contributed by atoms with E-state index in [2.05, 4.69) is 39.2 Å². The summed E-state index contributed by atoms with van der Waals surface area (Å²) >= 11 is 0. The first-order chi connectivity index (χ1) is 14.5. The van der Waals surface area contributed by atoms with E-state index < -0.39 is 5.69 Å². The monoisotopic (exact) mass is 404 g/mol. The predicted molar refractivity (Wildman–Crippen MR) is 119 cm³/mol. The van der Waals surface area contributed by atoms with Gasteiger partial charge in [-0.1, -0.05) is 36.4 Å². The molecule has 6 nitrogen and oxygen atoms in total. The van der Waals surface area contributed by atoms with Crippen LogP contribution in [0.4, 0.5) is 5.82 Å². The summed E-state index contributed by atoms with van der Waals surface area (Å²) in [4.78, 5) is 36.7. The minimum Gasteiger partial charge on any atom is -0.363 e. The number of benzene rings is 1. The van der Waals surface area contributed by atoms with Crippen LogP contribution in [-0.4, -0.2) is 29.0 Å². The van der Waals surface area contributed by atoms with Gasteiger partial charge >= 0.3 is 5.69 Å². The highest BCUT2D eigenvalue weighted by atomic mass is 16.2. The lowest BCUT2D eigenvalue weighted by Crippen LogP contribution is -2.30. The average Bonchev–Trinajstić information content (AvgIpc) is 2.76. The van der Waals surface area contributed by atoms with Crippen LogP contribution in [0.25, 0.3) is 0 Å². The van der Waals surface area contributed by atoms with Gasteiger partial charge in [0, 0.05) is 37.5 Å². The van der Waals surface area contributed by atoms with E-state index in [1.165, 1.54) is 5.56 Å². The van der Waals surface area contributed by atoms with Crippen LogP contribution < -0.4 is 16.1 Å². The number of hydrogen-bond acceptors (Lipinski definition) is 4. The molecule has 6 heteroatoms. The molecule has 0 saturated heterocycles. The first kappa shape index (κ1) is 20.1. The van der Waals surface area contributed by atoms with Gasteiger partial charge in [0.05, 0.1) is 0 Å². The highest BCUT2D eigenvalue weighted by Gasteiger charge is 2.27. The Bertz CT molecular complexity index is 1110. The highest BCUT2D eigenvalue weighted by molar-refractivity contribution is 5.38. The summed E-state index contributed by atoms with van der Waals surface area (Å²) in [5.41, 5.74) is 2.86. The van der Waals surface area contributed by atoms with Crippen molar-refractivity contribution in [1.29, 1.82) is 0 Å². The smallest absolute Gasteiger partial charge is 0.325 e. The molecular weight excluding hydrogens is 376 g/mol. The van der Waals surface area contributed by atoms with Crippen LogP contribution in [0.15, 0.2) is 58.1 Å². The molecule has 0 bridgehead atoms. The molecule has 30 heavy (non-hydrogen) atoms. The molecule has 3 aromatic rings. The lowest BCUT2D eigenvalue weighted by Gasteiger charge is -2.29. The van der Waals surface area contributed by atoms with Crippen molar-refractivity contribution in [3.63, 3.8) is 0 Å². The molecule has 2 heterocycles. The fourth-order valence-electron chi connectivity index (χ4n) is 4.49. The van der Waals surface area contributed by atoms with Gasteiger partial charge < -0.3 is 9.88 Å². The number of nitrogens with one attached hydrogen (secondary N) is 2. The molecule has 0 amide bonds. The van der Waals surface area contributed by atoms with Crippen LogP contribution in [0.5, 0.6) is 0 Å². The summed E-state index contributed by atoms with van der Waals surface area (Å²) in [5.74, 6) is 1.57. The second kappa shape index (κ2) is 8.69. The van der Waals surface area contributed by atoms with Gasteiger partial charge in [0.25, 0.3) is 5.56 Å². The topological polar surface area (TPSA) is 81.9 Å². The van der Waals surface area contributed by atoms with Gasteiger partial charge in [0.1, 0.15) is 5.82 Å². The van der Waals surface area contributed by atoms with Crippen molar-refractivity contribution in [3.8, 4) is 0 Å². The molecule has 1 aromatic carbocycles. The van der Waals surface area contributed by atoms with Crippen molar-refractivity contribution in [2.24, 2.45) is 0 Å². The Morgan fingerprint density at radius 2 is 1.60 bits per heavy atom. The van der Waals surface area contributed by atoms with Gasteiger partial charge in [-0.05, 0) is 55.2 Å². The molecule has 1 aliphatic rings. The van der Waals surface area contributed by atoms with Crippen LogP contribution in [0, 0.1) is 0 Å². The SMILES string of the molecule is CN(C)c1cccc(Cc2c(=O)[nH]c(=O)[nH]c2[C@H]2CC[C@H](c3ccccc3)CC2)n1. The fourth-order valence-corrected chi connectivity index (χ4v) is 4.49. The number of aromatic nitrogens is 3. The number of hydrogen-bond donors (Lipinski definition) is 2. The van der Waals surface area contributed by atoms with Crippen molar-refractivity contribution in [2.75, 3.05) is 19.0 Å². The van der Waals surface area contributed by atoms with Gasteiger partial charge in [-0.15, -0.1) is 0 Å². The Kier molecular flexibility index (Phi) is 5.84. The molecule has 2 N–H and O–H groups in total. The van der Waals surface area contributed by atoms with Crippen LogP contribution >= 0.6 is 0 Å². The van der Waals surface area contributed by atoms with E-state index in [0.29, 0.717) is 17.9 Å². The molecule has 156 valence electrons. The van der Waals surface area contributed by atoms with Crippen molar-refractivity contribution >= 4 is 5.82 Å². The van der Waals surface area contributed by atoms with E-state index in [1.807, 2.05) is 43.3 Å². The minimum atomic E-state index is -0.432. The number of H-pyrrole nitrogens is 2. The molecule has 1 aliphatic carbocycles. The first-order valence-corrected chi connectivity index (χ1v) is 10.5. The normalized spacial score (nSPS) is 18.9. The average molecular weight is 405 g/mol. The lowest BCUT2D eigenvalue weighted by atomic mass is 9.76. The van der Waals surface area contributed by atoms with Gasteiger partial charge in [-0.25, -0.2) is 9.78 Å². The molecule has 2 aromatic heterocycles. The number of rotatable bonds is 5. The molecule has 0 aliphatic heterocycles. The Hall–Kier alpha value is -3.15. The van der Waals surface area contributed by atoms with Gasteiger partial charge in [-0.3, -0.25) is 9.78 Å². The second-order valence-electron chi connectivity index (χ2n) is 8.32. The second-order valence-corrected chi connectivity index (χ2v) is 8.32. The van der Waals surface area contributed by atoms with E-state index >= 15 is 0 Å². The Balaban J connectivity index is 1.59. The van der Waals surface area contributed by atoms with E-state index in [4.69, 9.17) is 0 Å². The Morgan fingerprint density at radius 1 is 0.900 bits per heavy atom. The van der Waals surface area contributed by atoms with E-state index in [1.54, 1.807) is 0 Å². The van der Waals surface area contributed by atoms with E-state index in [9.17, 15) is 9.59 Å². The Labute approximate surface area is 176 Å². The Morgan fingerprint density at radius 3 is 2.30 bits per heavy atom. The van der Waals surface area contributed by atoms with Crippen LogP contribution in [0.1, 0.15) is 60.0 Å². The van der Waals surface area contributed by atoms with Crippen molar-refractivity contribution < 1.29 is 0 Å². The van der Waals surface area contributed by atoms with Crippen molar-refractivity contribution in [2.45, 2.75) is 43.9 Å². The largest absolute Gasteiger partial charge is 0.363 e. The highest BCUT2D eigenvalue weighted by Crippen LogP contribution is 2.40. The summed E-state index contributed by atoms with van der Waals surface area (Å²) in [7, 11) is 3.88. The lowest BCUT2D eigenvalue weighted by molar-refractivity contribution is 0.388. The number of anilines is 1. The molecule has 4 rings (SSSR count). The van der Waals surface area contributed by atoms with Crippen molar-refractivity contribution in [3.05, 3.63) is 91.9 Å². The predicted octanol–water partition coefficient (Wildman–Crippen LogP) is 3.56. The third-order valence-corrected chi connectivity index (χ3v) is 6.09. The summed E-state index contributed by atoms with van der Waals surface area (Å²) in [6.45, 7) is 0. The molecule has 1 fully saturated rings. The summed E-state index contributed by atoms with van der Waals surface area (Å²) in [6.07, 6.45) is 4.42. The van der Waals surface area contributed by atoms with Crippen LogP contribution in [0.2, 0.25) is 0 Å². The minimum absolute atomic E-state index is 0.187. The summed E-state index contributed by atoms with van der Waals surface area (Å²) < 4.78 is 0. The first-order valence-electron chi connectivity index (χ1n) is 10.5. The summed E-state index contributed by atoms with van der Waals surface area (Å²) in [6, 6.07) is 16.4. The van der Waals surface area contributed by atoms with Crippen LogP contribution in [0.3, 0.4) is 0 Å².